The van der Waals surface area contributed by atoms with E-state index in [0.717, 1.165) is 11.3 Å². The van der Waals surface area contributed by atoms with Crippen molar-refractivity contribution in [3.05, 3.63) is 67.4 Å². The molecule has 0 aliphatic heterocycles. The fraction of sp³-hybridized carbons (Fsp3) is 0.250. The van der Waals surface area contributed by atoms with Crippen LogP contribution in [0.1, 0.15) is 28.9 Å². The Morgan fingerprint density at radius 1 is 1.33 bits per heavy atom. The number of rotatable bonds is 6. The maximum atomic E-state index is 12.6. The van der Waals surface area contributed by atoms with Crippen molar-refractivity contribution in [2.45, 2.75) is 26.8 Å². The molecule has 0 radical (unpaired) electrons. The quantitative estimate of drug-likeness (QED) is 0.622. The number of fused-ring (bicyclic) bond motifs is 1. The zero-order valence-corrected chi connectivity index (χ0v) is 16.7. The van der Waals surface area contributed by atoms with Gasteiger partial charge in [-0.3, -0.25) is 9.59 Å². The Labute approximate surface area is 166 Å². The Morgan fingerprint density at radius 3 is 2.85 bits per heavy atom. The number of aryl methyl sites for hydroxylation is 1. The van der Waals surface area contributed by atoms with Crippen LogP contribution >= 0.6 is 22.9 Å². The van der Waals surface area contributed by atoms with Gasteiger partial charge in [0.25, 0.3) is 5.56 Å². The molecule has 1 amide bonds. The second-order valence-corrected chi connectivity index (χ2v) is 7.97. The number of aromatic amines is 1. The molecule has 27 heavy (non-hydrogen) atoms. The Balaban J connectivity index is 1.83. The van der Waals surface area contributed by atoms with Crippen molar-refractivity contribution in [1.29, 1.82) is 0 Å². The van der Waals surface area contributed by atoms with E-state index >= 15 is 0 Å². The van der Waals surface area contributed by atoms with Gasteiger partial charge in [-0.25, -0.2) is 4.98 Å². The SMILES string of the molecule is CCCN(Cc1nc2cc(Cl)ccc2c(=O)[nH]1)C(=O)/C=C/c1ccc(C)s1. The van der Waals surface area contributed by atoms with Gasteiger partial charge in [-0.2, -0.15) is 0 Å². The van der Waals surface area contributed by atoms with Crippen LogP contribution in [0, 0.1) is 6.92 Å². The van der Waals surface area contributed by atoms with Gasteiger partial charge in [0.2, 0.25) is 5.91 Å². The second-order valence-electron chi connectivity index (χ2n) is 6.22. The summed E-state index contributed by atoms with van der Waals surface area (Å²) in [6.07, 6.45) is 4.19. The minimum Gasteiger partial charge on any atom is -0.332 e. The van der Waals surface area contributed by atoms with Gasteiger partial charge in [-0.1, -0.05) is 18.5 Å². The molecular weight excluding hydrogens is 382 g/mol. The fourth-order valence-electron chi connectivity index (χ4n) is 2.76. The lowest BCUT2D eigenvalue weighted by Crippen LogP contribution is -2.31. The van der Waals surface area contributed by atoms with Crippen molar-refractivity contribution in [1.82, 2.24) is 14.9 Å². The number of nitrogens with zero attached hydrogens (tertiary/aromatic N) is 2. The third-order valence-electron chi connectivity index (χ3n) is 4.01. The number of H-pyrrole nitrogens is 1. The van der Waals surface area contributed by atoms with Crippen LogP contribution in [-0.4, -0.2) is 27.3 Å². The number of halogens is 1. The van der Waals surface area contributed by atoms with E-state index in [1.54, 1.807) is 40.5 Å². The molecule has 0 aliphatic rings. The molecule has 3 aromatic rings. The first-order valence-electron chi connectivity index (χ1n) is 8.68. The van der Waals surface area contributed by atoms with Crippen molar-refractivity contribution in [3.8, 4) is 0 Å². The monoisotopic (exact) mass is 401 g/mol. The molecule has 0 fully saturated rings. The number of carbonyl (C=O) groups is 1. The highest BCUT2D eigenvalue weighted by Gasteiger charge is 2.13. The topological polar surface area (TPSA) is 66.1 Å². The molecular formula is C20H20ClN3O2S. The van der Waals surface area contributed by atoms with Gasteiger partial charge in [0.15, 0.2) is 0 Å². The second kappa shape index (κ2) is 8.50. The maximum absolute atomic E-state index is 12.6. The van der Waals surface area contributed by atoms with Crippen LogP contribution in [0.2, 0.25) is 5.02 Å². The first-order chi connectivity index (χ1) is 13.0. The van der Waals surface area contributed by atoms with E-state index in [4.69, 9.17) is 11.6 Å². The highest BCUT2D eigenvalue weighted by atomic mass is 35.5. The van der Waals surface area contributed by atoms with Crippen molar-refractivity contribution < 1.29 is 4.79 Å². The zero-order chi connectivity index (χ0) is 19.4. The van der Waals surface area contributed by atoms with Crippen LogP contribution in [0.25, 0.3) is 17.0 Å². The highest BCUT2D eigenvalue weighted by Crippen LogP contribution is 2.17. The van der Waals surface area contributed by atoms with Crippen LogP contribution in [0.3, 0.4) is 0 Å². The maximum Gasteiger partial charge on any atom is 0.258 e. The van der Waals surface area contributed by atoms with Crippen molar-refractivity contribution in [2.75, 3.05) is 6.54 Å². The number of hydrogen-bond acceptors (Lipinski definition) is 4. The lowest BCUT2D eigenvalue weighted by molar-refractivity contribution is -0.126. The molecule has 0 saturated carbocycles. The number of carbonyl (C=O) groups excluding carboxylic acids is 1. The minimum absolute atomic E-state index is 0.114. The molecule has 0 saturated heterocycles. The van der Waals surface area contributed by atoms with Gasteiger partial charge in [0.1, 0.15) is 5.82 Å². The third kappa shape index (κ3) is 4.84. The molecule has 2 aromatic heterocycles. The molecule has 140 valence electrons. The lowest BCUT2D eigenvalue weighted by atomic mass is 10.2. The van der Waals surface area contributed by atoms with Gasteiger partial charge >= 0.3 is 0 Å². The predicted octanol–water partition coefficient (Wildman–Crippen LogP) is 4.40. The van der Waals surface area contributed by atoms with Gasteiger partial charge in [-0.15, -0.1) is 11.3 Å². The van der Waals surface area contributed by atoms with Crippen LogP contribution in [0.15, 0.2) is 41.2 Å². The Morgan fingerprint density at radius 2 is 2.15 bits per heavy atom. The molecule has 0 bridgehead atoms. The highest BCUT2D eigenvalue weighted by molar-refractivity contribution is 7.12. The number of benzene rings is 1. The summed E-state index contributed by atoms with van der Waals surface area (Å²) in [5.74, 6) is 0.327. The van der Waals surface area contributed by atoms with Gasteiger partial charge < -0.3 is 9.88 Å². The molecule has 1 aromatic carbocycles. The summed E-state index contributed by atoms with van der Waals surface area (Å²) in [4.78, 5) is 36.0. The van der Waals surface area contributed by atoms with E-state index in [9.17, 15) is 9.59 Å². The van der Waals surface area contributed by atoms with Crippen molar-refractivity contribution in [3.63, 3.8) is 0 Å². The van der Waals surface area contributed by atoms with E-state index in [2.05, 4.69) is 9.97 Å². The minimum atomic E-state index is -0.236. The summed E-state index contributed by atoms with van der Waals surface area (Å²) in [5, 5.41) is 0.992. The largest absolute Gasteiger partial charge is 0.332 e. The van der Waals surface area contributed by atoms with E-state index in [1.807, 2.05) is 32.1 Å². The molecule has 1 N–H and O–H groups in total. The van der Waals surface area contributed by atoms with Gasteiger partial charge in [0, 0.05) is 27.4 Å². The molecule has 2 heterocycles. The Bertz CT molecular complexity index is 1050. The third-order valence-corrected chi connectivity index (χ3v) is 5.22. The van der Waals surface area contributed by atoms with E-state index in [1.165, 1.54) is 4.88 Å². The normalized spacial score (nSPS) is 11.4. The van der Waals surface area contributed by atoms with Gasteiger partial charge in [0.05, 0.1) is 17.4 Å². The molecule has 0 spiro atoms. The summed E-state index contributed by atoms with van der Waals surface area (Å²) in [6.45, 7) is 4.84. The molecule has 7 heteroatoms. The number of aromatic nitrogens is 2. The average molecular weight is 402 g/mol. The zero-order valence-electron chi connectivity index (χ0n) is 15.2. The molecule has 0 aliphatic carbocycles. The Hall–Kier alpha value is -2.44. The van der Waals surface area contributed by atoms with Crippen LogP contribution in [0.5, 0.6) is 0 Å². The summed E-state index contributed by atoms with van der Waals surface area (Å²) in [7, 11) is 0. The average Bonchev–Trinajstić information content (AvgIpc) is 3.04. The number of thiophene rings is 1. The van der Waals surface area contributed by atoms with Crippen LogP contribution in [-0.2, 0) is 11.3 Å². The van der Waals surface area contributed by atoms with E-state index in [0.29, 0.717) is 28.3 Å². The lowest BCUT2D eigenvalue weighted by Gasteiger charge is -2.20. The number of amides is 1. The first-order valence-corrected chi connectivity index (χ1v) is 9.87. The number of nitrogens with one attached hydrogen (secondary N) is 1. The smallest absolute Gasteiger partial charge is 0.258 e. The first kappa shape index (κ1) is 19.3. The standard InChI is InChI=1S/C20H20ClN3O2S/c1-3-10-24(19(25)9-7-15-6-4-13(2)27-15)12-18-22-17-11-14(21)5-8-16(17)20(26)23-18/h4-9,11H,3,10,12H2,1-2H3,(H,22,23,26)/b9-7+. The molecule has 5 nitrogen and oxygen atoms in total. The van der Waals surface area contributed by atoms with E-state index in [-0.39, 0.29) is 18.0 Å². The number of hydrogen-bond donors (Lipinski definition) is 1. The van der Waals surface area contributed by atoms with Crippen LogP contribution < -0.4 is 5.56 Å². The summed E-state index contributed by atoms with van der Waals surface area (Å²) in [5.41, 5.74) is 0.287. The molecule has 0 unspecified atom stereocenters. The predicted molar refractivity (Wildman–Crippen MR) is 111 cm³/mol. The van der Waals surface area contributed by atoms with Crippen molar-refractivity contribution >= 4 is 45.8 Å². The summed E-state index contributed by atoms with van der Waals surface area (Å²) in [6, 6.07) is 8.96. The molecule has 3 rings (SSSR count). The Kier molecular flexibility index (Phi) is 6.08. The summed E-state index contributed by atoms with van der Waals surface area (Å²) >= 11 is 7.64. The van der Waals surface area contributed by atoms with E-state index < -0.39 is 0 Å². The fourth-order valence-corrected chi connectivity index (χ4v) is 3.70. The molecule has 0 atom stereocenters. The van der Waals surface area contributed by atoms with Crippen molar-refractivity contribution in [2.24, 2.45) is 0 Å². The van der Waals surface area contributed by atoms with Gasteiger partial charge in [-0.05, 0) is 49.8 Å². The van der Waals surface area contributed by atoms with Crippen LogP contribution in [0.4, 0.5) is 0 Å². The summed E-state index contributed by atoms with van der Waals surface area (Å²) < 4.78 is 0.